The van der Waals surface area contributed by atoms with Gasteiger partial charge in [0.2, 0.25) is 5.91 Å². The van der Waals surface area contributed by atoms with E-state index in [1.54, 1.807) is 18.2 Å². The number of benzene rings is 2. The van der Waals surface area contributed by atoms with Crippen molar-refractivity contribution in [1.29, 1.82) is 0 Å². The fourth-order valence-corrected chi connectivity index (χ4v) is 5.69. The Morgan fingerprint density at radius 3 is 2.62 bits per heavy atom. The number of hydrogen-bond donors (Lipinski definition) is 2. The highest BCUT2D eigenvalue weighted by Gasteiger charge is 2.26. The summed E-state index contributed by atoms with van der Waals surface area (Å²) in [6, 6.07) is 16.9. The minimum absolute atomic E-state index is 0.0943. The monoisotopic (exact) mass is 475 g/mol. The van der Waals surface area contributed by atoms with Crippen LogP contribution in [0.3, 0.4) is 0 Å². The number of aromatic nitrogens is 1. The summed E-state index contributed by atoms with van der Waals surface area (Å²) < 4.78 is 6.70. The van der Waals surface area contributed by atoms with Crippen LogP contribution in [0.25, 0.3) is 11.1 Å². The van der Waals surface area contributed by atoms with Gasteiger partial charge in [0.25, 0.3) is 5.91 Å². The lowest BCUT2D eigenvalue weighted by Crippen LogP contribution is -2.26. The third-order valence-electron chi connectivity index (χ3n) is 6.08. The number of carbonyl (C=O) groups is 2. The Balaban J connectivity index is 1.32. The molecule has 2 aromatic carbocycles. The third kappa shape index (κ3) is 4.54. The van der Waals surface area contributed by atoms with Crippen molar-refractivity contribution in [2.45, 2.75) is 45.2 Å². The fraction of sp³-hybridized carbons (Fsp3) is 0.269. The molecule has 2 N–H and O–H groups in total. The summed E-state index contributed by atoms with van der Waals surface area (Å²) in [6.07, 6.45) is 3.98. The third-order valence-corrected chi connectivity index (χ3v) is 7.29. The first-order valence-electron chi connectivity index (χ1n) is 11.4. The van der Waals surface area contributed by atoms with Crippen LogP contribution in [-0.2, 0) is 30.7 Å². The second kappa shape index (κ2) is 9.69. The van der Waals surface area contributed by atoms with Gasteiger partial charge in [0, 0.05) is 24.4 Å². The number of nitrogens with zero attached hydrogens (tertiary/aromatic N) is 1. The van der Waals surface area contributed by atoms with E-state index in [2.05, 4.69) is 10.6 Å². The van der Waals surface area contributed by atoms with Gasteiger partial charge in [0.05, 0.1) is 11.1 Å². The number of para-hydroxylation sites is 2. The Kier molecular flexibility index (Phi) is 6.31. The number of anilines is 1. The molecule has 0 atom stereocenters. The molecule has 2 aromatic heterocycles. The van der Waals surface area contributed by atoms with Crippen molar-refractivity contribution in [2.75, 3.05) is 5.32 Å². The van der Waals surface area contributed by atoms with Crippen molar-refractivity contribution in [3.8, 4) is 0 Å². The molecule has 5 rings (SSSR count). The maximum absolute atomic E-state index is 13.2. The van der Waals surface area contributed by atoms with E-state index in [1.807, 2.05) is 36.4 Å². The van der Waals surface area contributed by atoms with Crippen LogP contribution in [0.1, 0.15) is 45.6 Å². The SMILES string of the molecule is O=C(CCn1c(=O)oc2ccccc21)Nc1sc2c(c1C(=O)NCc1ccccc1)CCCC2. The number of rotatable bonds is 7. The highest BCUT2D eigenvalue weighted by atomic mass is 32.1. The van der Waals surface area contributed by atoms with E-state index in [0.717, 1.165) is 36.8 Å². The van der Waals surface area contributed by atoms with Crippen LogP contribution in [0.4, 0.5) is 5.00 Å². The Morgan fingerprint density at radius 1 is 1.00 bits per heavy atom. The number of thiophene rings is 1. The van der Waals surface area contributed by atoms with Crippen molar-refractivity contribution in [1.82, 2.24) is 9.88 Å². The molecule has 1 aliphatic rings. The summed E-state index contributed by atoms with van der Waals surface area (Å²) in [5.74, 6) is -0.898. The second-order valence-electron chi connectivity index (χ2n) is 8.37. The summed E-state index contributed by atoms with van der Waals surface area (Å²) in [7, 11) is 0. The van der Waals surface area contributed by atoms with Crippen LogP contribution in [0.15, 0.2) is 63.8 Å². The molecule has 174 valence electrons. The summed E-state index contributed by atoms with van der Waals surface area (Å²) in [5.41, 5.74) is 3.80. The number of carbonyl (C=O) groups excluding carboxylic acids is 2. The van der Waals surface area contributed by atoms with Gasteiger partial charge >= 0.3 is 5.76 Å². The van der Waals surface area contributed by atoms with Crippen molar-refractivity contribution in [3.63, 3.8) is 0 Å². The minimum Gasteiger partial charge on any atom is -0.408 e. The first kappa shape index (κ1) is 22.2. The minimum atomic E-state index is -0.485. The second-order valence-corrected chi connectivity index (χ2v) is 9.47. The zero-order valence-corrected chi connectivity index (χ0v) is 19.5. The van der Waals surface area contributed by atoms with Crippen LogP contribution >= 0.6 is 11.3 Å². The highest BCUT2D eigenvalue weighted by Crippen LogP contribution is 2.38. The molecule has 2 heterocycles. The van der Waals surface area contributed by atoms with Crippen molar-refractivity contribution in [2.24, 2.45) is 0 Å². The molecule has 0 spiro atoms. The zero-order chi connectivity index (χ0) is 23.5. The Labute approximate surface area is 200 Å². The summed E-state index contributed by atoms with van der Waals surface area (Å²) in [6.45, 7) is 0.621. The van der Waals surface area contributed by atoms with Crippen molar-refractivity contribution >= 4 is 39.3 Å². The highest BCUT2D eigenvalue weighted by molar-refractivity contribution is 7.17. The lowest BCUT2D eigenvalue weighted by atomic mass is 9.95. The van der Waals surface area contributed by atoms with Crippen LogP contribution in [-0.4, -0.2) is 16.4 Å². The number of aryl methyl sites for hydroxylation is 2. The largest absolute Gasteiger partial charge is 0.419 e. The van der Waals surface area contributed by atoms with E-state index in [-0.39, 0.29) is 24.8 Å². The molecule has 0 unspecified atom stereocenters. The van der Waals surface area contributed by atoms with Crippen LogP contribution in [0.5, 0.6) is 0 Å². The molecule has 2 amide bonds. The molecule has 1 aliphatic carbocycles. The molecule has 4 aromatic rings. The topological polar surface area (TPSA) is 93.3 Å². The van der Waals surface area contributed by atoms with E-state index in [4.69, 9.17) is 4.42 Å². The van der Waals surface area contributed by atoms with Crippen LogP contribution < -0.4 is 16.4 Å². The number of oxazole rings is 1. The Hall–Kier alpha value is -3.65. The fourth-order valence-electron chi connectivity index (χ4n) is 4.39. The standard InChI is InChI=1S/C26H25N3O4S/c30-22(14-15-29-19-11-5-6-12-20(19)33-26(29)32)28-25-23(18-10-4-7-13-21(18)34-25)24(31)27-16-17-8-2-1-3-9-17/h1-3,5-6,8-9,11-12H,4,7,10,13-16H2,(H,27,31)(H,28,30). The zero-order valence-electron chi connectivity index (χ0n) is 18.6. The maximum Gasteiger partial charge on any atom is 0.419 e. The van der Waals surface area contributed by atoms with Crippen molar-refractivity contribution in [3.05, 3.63) is 86.7 Å². The van der Waals surface area contributed by atoms with Gasteiger partial charge in [-0.2, -0.15) is 0 Å². The lowest BCUT2D eigenvalue weighted by Gasteiger charge is -2.13. The number of amides is 2. The Morgan fingerprint density at radius 2 is 1.76 bits per heavy atom. The van der Waals surface area contributed by atoms with Gasteiger partial charge in [-0.05, 0) is 48.9 Å². The number of fused-ring (bicyclic) bond motifs is 2. The van der Waals surface area contributed by atoms with Crippen LogP contribution in [0.2, 0.25) is 0 Å². The molecule has 0 radical (unpaired) electrons. The van der Waals surface area contributed by atoms with Gasteiger partial charge < -0.3 is 15.1 Å². The molecule has 34 heavy (non-hydrogen) atoms. The summed E-state index contributed by atoms with van der Waals surface area (Å²) >= 11 is 1.49. The molecule has 7 nitrogen and oxygen atoms in total. The number of nitrogens with one attached hydrogen (secondary N) is 2. The van der Waals surface area contributed by atoms with Gasteiger partial charge in [-0.25, -0.2) is 4.79 Å². The van der Waals surface area contributed by atoms with E-state index < -0.39 is 5.76 Å². The van der Waals surface area contributed by atoms with Crippen LogP contribution in [0, 0.1) is 0 Å². The normalized spacial score (nSPS) is 12.9. The molecule has 0 saturated heterocycles. The van der Waals surface area contributed by atoms with Gasteiger partial charge in [0.15, 0.2) is 5.58 Å². The molecule has 8 heteroatoms. The first-order chi connectivity index (χ1) is 16.6. The lowest BCUT2D eigenvalue weighted by molar-refractivity contribution is -0.116. The average Bonchev–Trinajstić information content (AvgIpc) is 3.38. The quantitative estimate of drug-likeness (QED) is 0.412. The number of hydrogen-bond acceptors (Lipinski definition) is 5. The van der Waals surface area contributed by atoms with E-state index in [0.29, 0.717) is 28.2 Å². The molecule has 0 fully saturated rings. The average molecular weight is 476 g/mol. The predicted octanol–water partition coefficient (Wildman–Crippen LogP) is 4.49. The smallest absolute Gasteiger partial charge is 0.408 e. The van der Waals surface area contributed by atoms with E-state index >= 15 is 0 Å². The molecule has 0 saturated carbocycles. The first-order valence-corrected chi connectivity index (χ1v) is 12.3. The Bertz CT molecular complexity index is 1400. The van der Waals surface area contributed by atoms with Crippen molar-refractivity contribution < 1.29 is 14.0 Å². The van der Waals surface area contributed by atoms with E-state index in [1.165, 1.54) is 20.8 Å². The van der Waals surface area contributed by atoms with Gasteiger partial charge in [0.1, 0.15) is 5.00 Å². The van der Waals surface area contributed by atoms with Gasteiger partial charge in [-0.3, -0.25) is 14.2 Å². The van der Waals surface area contributed by atoms with Gasteiger partial charge in [-0.15, -0.1) is 11.3 Å². The molecule has 0 aliphatic heterocycles. The molecule has 0 bridgehead atoms. The van der Waals surface area contributed by atoms with E-state index in [9.17, 15) is 14.4 Å². The summed E-state index contributed by atoms with van der Waals surface area (Å²) in [4.78, 5) is 39.4. The molecular weight excluding hydrogens is 450 g/mol. The van der Waals surface area contributed by atoms with Gasteiger partial charge in [-0.1, -0.05) is 42.5 Å². The maximum atomic E-state index is 13.2. The predicted molar refractivity (Wildman–Crippen MR) is 132 cm³/mol. The molecular formula is C26H25N3O4S. The summed E-state index contributed by atoms with van der Waals surface area (Å²) in [5, 5.41) is 6.54.